The Morgan fingerprint density at radius 1 is 1.07 bits per heavy atom. The Hall–Kier alpha value is -3.02. The van der Waals surface area contributed by atoms with Crippen LogP contribution in [-0.4, -0.2) is 25.5 Å². The molecule has 0 saturated carbocycles. The Kier molecular flexibility index (Phi) is 7.23. The third kappa shape index (κ3) is 5.74. The molecule has 0 bridgehead atoms. The lowest BCUT2D eigenvalue weighted by Gasteiger charge is -2.17. The third-order valence-corrected chi connectivity index (χ3v) is 4.07. The van der Waals surface area contributed by atoms with E-state index in [9.17, 15) is 9.59 Å². The molecule has 0 aromatic heterocycles. The smallest absolute Gasteiger partial charge is 0.252 e. The highest BCUT2D eigenvalue weighted by Crippen LogP contribution is 2.28. The number of ether oxygens (including phenoxy) is 2. The van der Waals surface area contributed by atoms with Crippen LogP contribution in [0.4, 0.5) is 0 Å². The molecule has 6 heteroatoms. The first-order valence-corrected chi connectivity index (χ1v) is 8.88. The highest BCUT2D eigenvalue weighted by Gasteiger charge is 2.21. The van der Waals surface area contributed by atoms with Gasteiger partial charge < -0.3 is 20.5 Å². The number of rotatable bonds is 9. The fourth-order valence-corrected chi connectivity index (χ4v) is 2.51. The van der Waals surface area contributed by atoms with Crippen molar-refractivity contribution in [1.29, 1.82) is 0 Å². The van der Waals surface area contributed by atoms with Gasteiger partial charge in [-0.25, -0.2) is 0 Å². The van der Waals surface area contributed by atoms with Gasteiger partial charge in [0.25, 0.3) is 5.91 Å². The van der Waals surface area contributed by atoms with E-state index in [2.05, 4.69) is 19.2 Å². The average molecular weight is 370 g/mol. The molecule has 1 unspecified atom stereocenters. The van der Waals surface area contributed by atoms with E-state index in [1.54, 1.807) is 42.5 Å². The molecule has 27 heavy (non-hydrogen) atoms. The van der Waals surface area contributed by atoms with Crippen molar-refractivity contribution >= 4 is 11.8 Å². The van der Waals surface area contributed by atoms with Gasteiger partial charge in [-0.3, -0.25) is 9.59 Å². The van der Waals surface area contributed by atoms with E-state index >= 15 is 0 Å². The molecule has 2 amide bonds. The van der Waals surface area contributed by atoms with Gasteiger partial charge in [-0.05, 0) is 36.1 Å². The standard InChI is InChI=1S/C21H26N2O4/c1-14(2)11-12-27-17-10-9-16(13-18(17)26-3)21(25)23-19(20(22)24)15-7-5-4-6-8-15/h4-10,13-14,19H,11-12H2,1-3H3,(H2,22,24)(H,23,25). The zero-order valence-electron chi connectivity index (χ0n) is 15.9. The summed E-state index contributed by atoms with van der Waals surface area (Å²) in [6.45, 7) is 4.81. The zero-order valence-corrected chi connectivity index (χ0v) is 15.9. The average Bonchev–Trinajstić information content (AvgIpc) is 2.66. The number of benzene rings is 2. The second kappa shape index (κ2) is 9.62. The number of nitrogens with two attached hydrogens (primary N) is 1. The van der Waals surface area contributed by atoms with Crippen LogP contribution in [0.25, 0.3) is 0 Å². The van der Waals surface area contributed by atoms with E-state index in [0.29, 0.717) is 35.2 Å². The van der Waals surface area contributed by atoms with Gasteiger partial charge >= 0.3 is 0 Å². The molecule has 0 aliphatic heterocycles. The number of primary amides is 1. The summed E-state index contributed by atoms with van der Waals surface area (Å²) < 4.78 is 11.1. The van der Waals surface area contributed by atoms with Crippen molar-refractivity contribution in [3.8, 4) is 11.5 Å². The van der Waals surface area contributed by atoms with E-state index < -0.39 is 17.9 Å². The molecule has 0 aliphatic rings. The van der Waals surface area contributed by atoms with Crippen LogP contribution in [0.3, 0.4) is 0 Å². The van der Waals surface area contributed by atoms with Gasteiger partial charge in [0.1, 0.15) is 6.04 Å². The van der Waals surface area contributed by atoms with Crippen molar-refractivity contribution in [2.75, 3.05) is 13.7 Å². The molecule has 0 spiro atoms. The lowest BCUT2D eigenvalue weighted by Crippen LogP contribution is -2.37. The highest BCUT2D eigenvalue weighted by atomic mass is 16.5. The van der Waals surface area contributed by atoms with E-state index in [1.807, 2.05) is 6.07 Å². The lowest BCUT2D eigenvalue weighted by atomic mass is 10.1. The molecule has 144 valence electrons. The third-order valence-electron chi connectivity index (χ3n) is 4.07. The topological polar surface area (TPSA) is 90.6 Å². The fraction of sp³-hybridized carbons (Fsp3) is 0.333. The first-order chi connectivity index (χ1) is 12.9. The second-order valence-electron chi connectivity index (χ2n) is 6.62. The molecule has 2 aromatic rings. The summed E-state index contributed by atoms with van der Waals surface area (Å²) in [5.41, 5.74) is 6.43. The number of amides is 2. The van der Waals surface area contributed by atoms with Gasteiger partial charge in [0.15, 0.2) is 11.5 Å². The van der Waals surface area contributed by atoms with Crippen LogP contribution in [0.2, 0.25) is 0 Å². The predicted octanol–water partition coefficient (Wildman–Crippen LogP) is 3.08. The van der Waals surface area contributed by atoms with Gasteiger partial charge in [0.2, 0.25) is 5.91 Å². The molecule has 0 heterocycles. The Morgan fingerprint density at radius 3 is 2.37 bits per heavy atom. The molecular formula is C21H26N2O4. The summed E-state index contributed by atoms with van der Waals surface area (Å²) in [6.07, 6.45) is 0.919. The summed E-state index contributed by atoms with van der Waals surface area (Å²) in [7, 11) is 1.52. The minimum Gasteiger partial charge on any atom is -0.493 e. The SMILES string of the molecule is COc1cc(C(=O)NC(C(N)=O)c2ccccc2)ccc1OCCC(C)C. The highest BCUT2D eigenvalue weighted by molar-refractivity contribution is 5.98. The minimum atomic E-state index is -0.910. The van der Waals surface area contributed by atoms with E-state index in [4.69, 9.17) is 15.2 Å². The molecule has 0 fully saturated rings. The summed E-state index contributed by atoms with van der Waals surface area (Å²) in [4.78, 5) is 24.4. The molecule has 0 aliphatic carbocycles. The van der Waals surface area contributed by atoms with Crippen molar-refractivity contribution in [2.24, 2.45) is 11.7 Å². The van der Waals surface area contributed by atoms with E-state index in [1.165, 1.54) is 7.11 Å². The first-order valence-electron chi connectivity index (χ1n) is 8.88. The van der Waals surface area contributed by atoms with Crippen LogP contribution in [-0.2, 0) is 4.79 Å². The fourth-order valence-electron chi connectivity index (χ4n) is 2.51. The largest absolute Gasteiger partial charge is 0.493 e. The molecule has 2 aromatic carbocycles. The van der Waals surface area contributed by atoms with Gasteiger partial charge in [0.05, 0.1) is 13.7 Å². The lowest BCUT2D eigenvalue weighted by molar-refractivity contribution is -0.120. The number of nitrogens with one attached hydrogen (secondary N) is 1. The Bertz CT molecular complexity index is 775. The predicted molar refractivity (Wildman–Crippen MR) is 104 cm³/mol. The normalized spacial score (nSPS) is 11.7. The summed E-state index contributed by atoms with van der Waals surface area (Å²) in [5.74, 6) is 0.514. The number of hydrogen-bond acceptors (Lipinski definition) is 4. The van der Waals surface area contributed by atoms with Gasteiger partial charge in [0, 0.05) is 5.56 Å². The summed E-state index contributed by atoms with van der Waals surface area (Å²) >= 11 is 0. The molecule has 6 nitrogen and oxygen atoms in total. The van der Waals surface area contributed by atoms with Crippen LogP contribution in [0.5, 0.6) is 11.5 Å². The number of hydrogen-bond donors (Lipinski definition) is 2. The molecule has 1 atom stereocenters. The van der Waals surface area contributed by atoms with Crippen molar-refractivity contribution < 1.29 is 19.1 Å². The van der Waals surface area contributed by atoms with Crippen molar-refractivity contribution in [3.05, 3.63) is 59.7 Å². The maximum absolute atomic E-state index is 12.6. The number of carbonyl (C=O) groups excluding carboxylic acids is 2. The second-order valence-corrected chi connectivity index (χ2v) is 6.62. The number of methoxy groups -OCH3 is 1. The molecular weight excluding hydrogens is 344 g/mol. The summed E-state index contributed by atoms with van der Waals surface area (Å²) in [6, 6.07) is 12.9. The van der Waals surface area contributed by atoms with Crippen molar-refractivity contribution in [3.63, 3.8) is 0 Å². The van der Waals surface area contributed by atoms with Crippen LogP contribution in [0.15, 0.2) is 48.5 Å². The van der Waals surface area contributed by atoms with E-state index in [0.717, 1.165) is 6.42 Å². The first kappa shape index (κ1) is 20.3. The van der Waals surface area contributed by atoms with E-state index in [-0.39, 0.29) is 0 Å². The quantitative estimate of drug-likeness (QED) is 0.710. The van der Waals surface area contributed by atoms with Gasteiger partial charge in [-0.15, -0.1) is 0 Å². The monoisotopic (exact) mass is 370 g/mol. The zero-order chi connectivity index (χ0) is 19.8. The van der Waals surface area contributed by atoms with Gasteiger partial charge in [-0.1, -0.05) is 44.2 Å². The maximum Gasteiger partial charge on any atom is 0.252 e. The Balaban J connectivity index is 2.14. The van der Waals surface area contributed by atoms with Crippen LogP contribution in [0.1, 0.15) is 42.2 Å². The Morgan fingerprint density at radius 2 is 1.78 bits per heavy atom. The minimum absolute atomic E-state index is 0.352. The number of carbonyl (C=O) groups is 2. The van der Waals surface area contributed by atoms with Crippen molar-refractivity contribution in [2.45, 2.75) is 26.3 Å². The molecule has 3 N–H and O–H groups in total. The van der Waals surface area contributed by atoms with Gasteiger partial charge in [-0.2, -0.15) is 0 Å². The molecule has 0 radical (unpaired) electrons. The maximum atomic E-state index is 12.6. The van der Waals surface area contributed by atoms with Crippen molar-refractivity contribution in [1.82, 2.24) is 5.32 Å². The van der Waals surface area contributed by atoms with Crippen LogP contribution in [0, 0.1) is 5.92 Å². The summed E-state index contributed by atoms with van der Waals surface area (Å²) in [5, 5.41) is 2.67. The molecule has 0 saturated heterocycles. The van der Waals surface area contributed by atoms with Crippen LogP contribution >= 0.6 is 0 Å². The van der Waals surface area contributed by atoms with Crippen LogP contribution < -0.4 is 20.5 Å². The molecule has 2 rings (SSSR count). The Labute approximate surface area is 159 Å².